The second kappa shape index (κ2) is 7.81. The monoisotopic (exact) mass is 348 g/mol. The van der Waals surface area contributed by atoms with E-state index in [-0.39, 0.29) is 0 Å². The summed E-state index contributed by atoms with van der Waals surface area (Å²) >= 11 is 0. The maximum absolute atomic E-state index is 4.43. The molecule has 1 aliphatic rings. The molecule has 26 heavy (non-hydrogen) atoms. The third-order valence-corrected chi connectivity index (χ3v) is 4.49. The zero-order chi connectivity index (χ0) is 17.6. The SMILES string of the molecule is c1cnc(N2CCC(Cc3cc(Nc4cnccn4)ncn3)CC2)nc1. The first-order valence-corrected chi connectivity index (χ1v) is 8.73. The maximum atomic E-state index is 4.43. The molecule has 4 rings (SSSR count). The Labute approximate surface area is 151 Å². The predicted octanol–water partition coefficient (Wildman–Crippen LogP) is 2.26. The zero-order valence-corrected chi connectivity index (χ0v) is 14.4. The van der Waals surface area contributed by atoms with Crippen molar-refractivity contribution < 1.29 is 0 Å². The van der Waals surface area contributed by atoms with Gasteiger partial charge >= 0.3 is 0 Å². The van der Waals surface area contributed by atoms with Gasteiger partial charge in [-0.15, -0.1) is 0 Å². The van der Waals surface area contributed by atoms with Crippen molar-refractivity contribution in [2.75, 3.05) is 23.3 Å². The molecule has 0 bridgehead atoms. The lowest BCUT2D eigenvalue weighted by atomic mass is 9.92. The van der Waals surface area contributed by atoms with E-state index in [0.29, 0.717) is 11.7 Å². The molecule has 4 heterocycles. The molecule has 0 saturated carbocycles. The first-order chi connectivity index (χ1) is 12.9. The van der Waals surface area contributed by atoms with E-state index in [0.717, 1.165) is 49.8 Å². The summed E-state index contributed by atoms with van der Waals surface area (Å²) in [5.74, 6) is 2.84. The first kappa shape index (κ1) is 16.3. The Morgan fingerprint density at radius 2 is 1.77 bits per heavy atom. The summed E-state index contributed by atoms with van der Waals surface area (Å²) in [6.07, 6.45) is 13.3. The third-order valence-electron chi connectivity index (χ3n) is 4.49. The number of hydrogen-bond acceptors (Lipinski definition) is 8. The molecule has 132 valence electrons. The van der Waals surface area contributed by atoms with Gasteiger partial charge in [-0.05, 0) is 31.2 Å². The molecule has 0 aliphatic carbocycles. The van der Waals surface area contributed by atoms with Crippen molar-refractivity contribution in [2.45, 2.75) is 19.3 Å². The highest BCUT2D eigenvalue weighted by Crippen LogP contribution is 2.23. The number of hydrogen-bond donors (Lipinski definition) is 1. The summed E-state index contributed by atoms with van der Waals surface area (Å²) in [5.41, 5.74) is 1.04. The van der Waals surface area contributed by atoms with Crippen LogP contribution in [0, 0.1) is 5.92 Å². The fourth-order valence-corrected chi connectivity index (χ4v) is 3.16. The standard InChI is InChI=1S/C18H20N8/c1-4-21-18(22-5-1)26-8-2-14(3-9-26)10-15-11-16(24-13-23-15)25-17-12-19-6-7-20-17/h1,4-7,11-14H,2-3,8-10H2,(H,20,23,24,25). The Hall–Kier alpha value is -3.16. The van der Waals surface area contributed by atoms with Crippen LogP contribution in [-0.2, 0) is 6.42 Å². The average Bonchev–Trinajstić information content (AvgIpc) is 2.70. The van der Waals surface area contributed by atoms with Crippen LogP contribution in [0.25, 0.3) is 0 Å². The van der Waals surface area contributed by atoms with E-state index in [1.54, 1.807) is 37.3 Å². The van der Waals surface area contributed by atoms with Crippen LogP contribution >= 0.6 is 0 Å². The minimum absolute atomic E-state index is 0.606. The minimum atomic E-state index is 0.606. The van der Waals surface area contributed by atoms with Crippen molar-refractivity contribution in [2.24, 2.45) is 5.92 Å². The van der Waals surface area contributed by atoms with Gasteiger partial charge in [-0.1, -0.05) is 0 Å². The molecule has 1 fully saturated rings. The van der Waals surface area contributed by atoms with E-state index in [1.807, 2.05) is 12.1 Å². The summed E-state index contributed by atoms with van der Waals surface area (Å²) < 4.78 is 0. The van der Waals surface area contributed by atoms with Crippen LogP contribution < -0.4 is 10.2 Å². The normalized spacial score (nSPS) is 15.0. The number of aromatic nitrogens is 6. The van der Waals surface area contributed by atoms with E-state index in [4.69, 9.17) is 0 Å². The predicted molar refractivity (Wildman–Crippen MR) is 98.0 cm³/mol. The second-order valence-electron chi connectivity index (χ2n) is 6.29. The molecular formula is C18H20N8. The van der Waals surface area contributed by atoms with Gasteiger partial charge in [0.05, 0.1) is 6.20 Å². The smallest absolute Gasteiger partial charge is 0.225 e. The number of piperidine rings is 1. The Kier molecular flexibility index (Phi) is 4.90. The highest BCUT2D eigenvalue weighted by Gasteiger charge is 2.21. The van der Waals surface area contributed by atoms with E-state index in [2.05, 4.69) is 40.1 Å². The minimum Gasteiger partial charge on any atom is -0.341 e. The topological polar surface area (TPSA) is 92.6 Å². The van der Waals surface area contributed by atoms with Gasteiger partial charge in [0.2, 0.25) is 5.95 Å². The Morgan fingerprint density at radius 1 is 0.923 bits per heavy atom. The molecule has 0 aromatic carbocycles. The van der Waals surface area contributed by atoms with Crippen LogP contribution in [0.2, 0.25) is 0 Å². The summed E-state index contributed by atoms with van der Waals surface area (Å²) in [6, 6.07) is 3.83. The van der Waals surface area contributed by atoms with Crippen molar-refractivity contribution in [1.82, 2.24) is 29.9 Å². The molecule has 8 nitrogen and oxygen atoms in total. The van der Waals surface area contributed by atoms with Gasteiger partial charge in [0.15, 0.2) is 0 Å². The Morgan fingerprint density at radius 3 is 2.54 bits per heavy atom. The second-order valence-corrected chi connectivity index (χ2v) is 6.29. The van der Waals surface area contributed by atoms with Crippen molar-refractivity contribution >= 4 is 17.6 Å². The molecule has 0 atom stereocenters. The molecule has 1 aliphatic heterocycles. The summed E-state index contributed by atoms with van der Waals surface area (Å²) in [5, 5.41) is 3.16. The number of nitrogens with one attached hydrogen (secondary N) is 1. The molecule has 0 spiro atoms. The van der Waals surface area contributed by atoms with Gasteiger partial charge in [0.1, 0.15) is 18.0 Å². The van der Waals surface area contributed by atoms with Crippen LogP contribution in [0.4, 0.5) is 17.6 Å². The van der Waals surface area contributed by atoms with Gasteiger partial charge in [-0.2, -0.15) is 0 Å². The summed E-state index contributed by atoms with van der Waals surface area (Å²) in [7, 11) is 0. The lowest BCUT2D eigenvalue weighted by Gasteiger charge is -2.31. The first-order valence-electron chi connectivity index (χ1n) is 8.73. The van der Waals surface area contributed by atoms with Crippen molar-refractivity contribution in [3.05, 3.63) is 55.1 Å². The van der Waals surface area contributed by atoms with E-state index < -0.39 is 0 Å². The van der Waals surface area contributed by atoms with Crippen LogP contribution in [0.5, 0.6) is 0 Å². The molecule has 8 heteroatoms. The van der Waals surface area contributed by atoms with Gasteiger partial charge < -0.3 is 10.2 Å². The number of anilines is 3. The lowest BCUT2D eigenvalue weighted by Crippen LogP contribution is -2.35. The molecular weight excluding hydrogens is 328 g/mol. The number of nitrogens with zero attached hydrogens (tertiary/aromatic N) is 7. The van der Waals surface area contributed by atoms with E-state index >= 15 is 0 Å². The average molecular weight is 348 g/mol. The van der Waals surface area contributed by atoms with E-state index in [1.165, 1.54) is 0 Å². The maximum Gasteiger partial charge on any atom is 0.225 e. The molecule has 1 saturated heterocycles. The quantitative estimate of drug-likeness (QED) is 0.750. The van der Waals surface area contributed by atoms with Gasteiger partial charge in [0.25, 0.3) is 0 Å². The van der Waals surface area contributed by atoms with Gasteiger partial charge in [0, 0.05) is 49.6 Å². The van der Waals surface area contributed by atoms with Gasteiger partial charge in [-0.3, -0.25) is 4.98 Å². The van der Waals surface area contributed by atoms with Crippen LogP contribution in [0.15, 0.2) is 49.4 Å². The highest BCUT2D eigenvalue weighted by molar-refractivity contribution is 5.49. The lowest BCUT2D eigenvalue weighted by molar-refractivity contribution is 0.397. The van der Waals surface area contributed by atoms with Crippen molar-refractivity contribution in [3.8, 4) is 0 Å². The summed E-state index contributed by atoms with van der Waals surface area (Å²) in [4.78, 5) is 27.9. The van der Waals surface area contributed by atoms with Crippen molar-refractivity contribution in [3.63, 3.8) is 0 Å². The highest BCUT2D eigenvalue weighted by atomic mass is 15.2. The van der Waals surface area contributed by atoms with E-state index in [9.17, 15) is 0 Å². The van der Waals surface area contributed by atoms with Crippen LogP contribution in [-0.4, -0.2) is 43.0 Å². The molecule has 0 radical (unpaired) electrons. The van der Waals surface area contributed by atoms with Crippen LogP contribution in [0.3, 0.4) is 0 Å². The van der Waals surface area contributed by atoms with Gasteiger partial charge in [-0.25, -0.2) is 24.9 Å². The van der Waals surface area contributed by atoms with Crippen molar-refractivity contribution in [1.29, 1.82) is 0 Å². The number of rotatable bonds is 5. The molecule has 3 aromatic heterocycles. The fraction of sp³-hybridized carbons (Fsp3) is 0.333. The molecule has 3 aromatic rings. The Bertz CT molecular complexity index is 819. The summed E-state index contributed by atoms with van der Waals surface area (Å²) in [6.45, 7) is 1.95. The fourth-order valence-electron chi connectivity index (χ4n) is 3.16. The molecule has 0 amide bonds. The third kappa shape index (κ3) is 4.08. The Balaban J connectivity index is 1.34. The largest absolute Gasteiger partial charge is 0.341 e. The zero-order valence-electron chi connectivity index (χ0n) is 14.4. The molecule has 1 N–H and O–H groups in total. The molecule has 0 unspecified atom stereocenters. The van der Waals surface area contributed by atoms with Crippen LogP contribution in [0.1, 0.15) is 18.5 Å².